The van der Waals surface area contributed by atoms with Gasteiger partial charge in [0.15, 0.2) is 0 Å². The first-order valence-electron chi connectivity index (χ1n) is 5.35. The minimum absolute atomic E-state index is 0.403. The molecule has 0 fully saturated rings. The average Bonchev–Trinajstić information content (AvgIpc) is 2.31. The Balaban J connectivity index is 2.06. The number of hydrogen-bond donors (Lipinski definition) is 0. The molecule has 0 radical (unpaired) electrons. The fraction of sp³-hybridized carbons (Fsp3) is 0.0769. The van der Waals surface area contributed by atoms with Crippen LogP contribution in [-0.2, 0) is 11.0 Å². The highest BCUT2D eigenvalue weighted by Gasteiger charge is 2.15. The first-order valence-corrected chi connectivity index (χ1v) is 8.78. The standard InChI is InChI=1S/C13H11Cl2O2P/c14-18(15,16)17-13-8-6-12(7-9-13)10-11-4-2-1-3-5-11/h1-9H,10H2. The van der Waals surface area contributed by atoms with Gasteiger partial charge in [-0.2, -0.15) is 0 Å². The molecule has 0 spiro atoms. The molecule has 2 nitrogen and oxygen atoms in total. The van der Waals surface area contributed by atoms with Crippen molar-refractivity contribution in [3.8, 4) is 5.75 Å². The Labute approximate surface area is 116 Å². The topological polar surface area (TPSA) is 26.3 Å². The van der Waals surface area contributed by atoms with Gasteiger partial charge in [0, 0.05) is 22.5 Å². The summed E-state index contributed by atoms with van der Waals surface area (Å²) >= 11 is 10.7. The summed E-state index contributed by atoms with van der Waals surface area (Å²) in [6.07, 6.45) is -2.69. The van der Waals surface area contributed by atoms with E-state index in [1.165, 1.54) is 5.56 Å². The zero-order valence-electron chi connectivity index (χ0n) is 9.42. The summed E-state index contributed by atoms with van der Waals surface area (Å²) in [4.78, 5) is 0. The average molecular weight is 301 g/mol. The molecule has 0 bridgehead atoms. The van der Waals surface area contributed by atoms with E-state index in [9.17, 15) is 4.57 Å². The van der Waals surface area contributed by atoms with Crippen molar-refractivity contribution in [2.75, 3.05) is 0 Å². The number of rotatable bonds is 4. The highest BCUT2D eigenvalue weighted by atomic mass is 35.9. The molecule has 0 heterocycles. The molecule has 94 valence electrons. The van der Waals surface area contributed by atoms with E-state index >= 15 is 0 Å². The van der Waals surface area contributed by atoms with Gasteiger partial charge in [-0.05, 0) is 29.7 Å². The van der Waals surface area contributed by atoms with E-state index in [1.807, 2.05) is 30.3 Å². The van der Waals surface area contributed by atoms with Gasteiger partial charge in [0.25, 0.3) is 0 Å². The van der Waals surface area contributed by atoms with Gasteiger partial charge in [-0.3, -0.25) is 0 Å². The highest BCUT2D eigenvalue weighted by Crippen LogP contribution is 2.57. The monoisotopic (exact) mass is 300 g/mol. The van der Waals surface area contributed by atoms with Crippen LogP contribution in [0.5, 0.6) is 5.75 Å². The Morgan fingerprint density at radius 1 is 0.889 bits per heavy atom. The number of halogens is 2. The maximum Gasteiger partial charge on any atom is 0.428 e. The summed E-state index contributed by atoms with van der Waals surface area (Å²) < 4.78 is 16.0. The number of hydrogen-bond acceptors (Lipinski definition) is 2. The zero-order valence-corrected chi connectivity index (χ0v) is 11.8. The minimum Gasteiger partial charge on any atom is -0.422 e. The SMILES string of the molecule is O=P(Cl)(Cl)Oc1ccc(Cc2ccccc2)cc1. The van der Waals surface area contributed by atoms with Gasteiger partial charge in [-0.1, -0.05) is 42.5 Å². The Hall–Kier alpha value is -0.950. The van der Waals surface area contributed by atoms with Crippen LogP contribution in [0.15, 0.2) is 54.6 Å². The molecule has 2 rings (SSSR count). The molecule has 0 N–H and O–H groups in total. The predicted octanol–water partition coefficient (Wildman–Crippen LogP) is 5.24. The van der Waals surface area contributed by atoms with Crippen LogP contribution in [0.4, 0.5) is 0 Å². The summed E-state index contributed by atoms with van der Waals surface area (Å²) in [7, 11) is 0. The van der Waals surface area contributed by atoms with Gasteiger partial charge in [0.05, 0.1) is 0 Å². The molecule has 0 atom stereocenters. The van der Waals surface area contributed by atoms with Crippen molar-refractivity contribution in [1.29, 1.82) is 0 Å². The van der Waals surface area contributed by atoms with Gasteiger partial charge in [0.1, 0.15) is 5.75 Å². The van der Waals surface area contributed by atoms with Crippen molar-refractivity contribution in [1.82, 2.24) is 0 Å². The second kappa shape index (κ2) is 5.79. The minimum atomic E-state index is -3.52. The van der Waals surface area contributed by atoms with E-state index in [4.69, 9.17) is 27.0 Å². The van der Waals surface area contributed by atoms with E-state index in [2.05, 4.69) is 12.1 Å². The molecular formula is C13H11Cl2O2P. The van der Waals surface area contributed by atoms with Gasteiger partial charge in [-0.15, -0.1) is 0 Å². The third-order valence-corrected chi connectivity index (χ3v) is 3.22. The van der Waals surface area contributed by atoms with Crippen molar-refractivity contribution in [3.05, 3.63) is 65.7 Å². The fourth-order valence-electron chi connectivity index (χ4n) is 1.62. The van der Waals surface area contributed by atoms with Crippen molar-refractivity contribution < 1.29 is 9.09 Å². The van der Waals surface area contributed by atoms with Crippen LogP contribution >= 0.6 is 28.6 Å². The quantitative estimate of drug-likeness (QED) is 0.722. The predicted molar refractivity (Wildman–Crippen MR) is 75.6 cm³/mol. The van der Waals surface area contributed by atoms with E-state index in [0.717, 1.165) is 12.0 Å². The molecule has 0 aromatic heterocycles. The number of benzene rings is 2. The molecule has 18 heavy (non-hydrogen) atoms. The first-order chi connectivity index (χ1) is 8.53. The van der Waals surface area contributed by atoms with Crippen LogP contribution < -0.4 is 4.52 Å². The molecule has 2 aromatic carbocycles. The normalized spacial score (nSPS) is 11.2. The van der Waals surface area contributed by atoms with Crippen molar-refractivity contribution in [2.24, 2.45) is 0 Å². The highest BCUT2D eigenvalue weighted by molar-refractivity contribution is 8.05. The van der Waals surface area contributed by atoms with E-state index in [1.54, 1.807) is 12.1 Å². The lowest BCUT2D eigenvalue weighted by molar-refractivity contribution is 0.513. The van der Waals surface area contributed by atoms with Crippen molar-refractivity contribution >= 4 is 28.6 Å². The summed E-state index contributed by atoms with van der Waals surface area (Å²) in [6, 6.07) is 17.3. The molecule has 0 amide bonds. The summed E-state index contributed by atoms with van der Waals surface area (Å²) in [5.74, 6) is 0.403. The van der Waals surface area contributed by atoms with Crippen molar-refractivity contribution in [2.45, 2.75) is 6.42 Å². The van der Waals surface area contributed by atoms with Crippen LogP contribution in [-0.4, -0.2) is 0 Å². The van der Waals surface area contributed by atoms with Crippen molar-refractivity contribution in [3.63, 3.8) is 0 Å². The lowest BCUT2D eigenvalue weighted by Crippen LogP contribution is -1.88. The Morgan fingerprint density at radius 2 is 1.44 bits per heavy atom. The third kappa shape index (κ3) is 4.38. The summed E-state index contributed by atoms with van der Waals surface area (Å²) in [5.41, 5.74) is 2.36. The molecule has 0 unspecified atom stereocenters. The van der Waals surface area contributed by atoms with Gasteiger partial charge in [-0.25, -0.2) is 4.57 Å². The van der Waals surface area contributed by atoms with Crippen LogP contribution in [0.1, 0.15) is 11.1 Å². The largest absolute Gasteiger partial charge is 0.428 e. The van der Waals surface area contributed by atoms with Gasteiger partial charge in [0.2, 0.25) is 0 Å². The second-order valence-electron chi connectivity index (χ2n) is 3.81. The molecule has 2 aromatic rings. The zero-order chi connectivity index (χ0) is 13.0. The molecule has 0 aliphatic carbocycles. The van der Waals surface area contributed by atoms with Gasteiger partial charge >= 0.3 is 6.07 Å². The fourth-order valence-corrected chi connectivity index (χ4v) is 2.47. The van der Waals surface area contributed by atoms with Crippen LogP contribution in [0, 0.1) is 0 Å². The Morgan fingerprint density at radius 3 is 2.00 bits per heavy atom. The van der Waals surface area contributed by atoms with E-state index in [-0.39, 0.29) is 0 Å². The summed E-state index contributed by atoms with van der Waals surface area (Å²) in [6.45, 7) is 0. The first kappa shape index (κ1) is 13.5. The molecular weight excluding hydrogens is 290 g/mol. The van der Waals surface area contributed by atoms with E-state index < -0.39 is 6.07 Å². The third-order valence-electron chi connectivity index (χ3n) is 2.39. The second-order valence-corrected chi connectivity index (χ2v) is 8.01. The van der Waals surface area contributed by atoms with Gasteiger partial charge < -0.3 is 4.52 Å². The lowest BCUT2D eigenvalue weighted by atomic mass is 10.1. The lowest BCUT2D eigenvalue weighted by Gasteiger charge is -2.07. The van der Waals surface area contributed by atoms with Crippen LogP contribution in [0.3, 0.4) is 0 Å². The summed E-state index contributed by atoms with van der Waals surface area (Å²) in [5, 5.41) is 0. The maximum absolute atomic E-state index is 11.1. The van der Waals surface area contributed by atoms with Crippen LogP contribution in [0.2, 0.25) is 0 Å². The van der Waals surface area contributed by atoms with E-state index in [0.29, 0.717) is 5.75 Å². The molecule has 5 heteroatoms. The smallest absolute Gasteiger partial charge is 0.422 e. The Kier molecular flexibility index (Phi) is 4.34. The molecule has 0 aliphatic heterocycles. The van der Waals surface area contributed by atoms with Crippen LogP contribution in [0.25, 0.3) is 0 Å². The Bertz CT molecular complexity index is 549. The molecule has 0 saturated heterocycles. The molecule has 0 saturated carbocycles. The maximum atomic E-state index is 11.1. The molecule has 0 aliphatic rings.